The van der Waals surface area contributed by atoms with E-state index in [9.17, 15) is 26.7 Å². The van der Waals surface area contributed by atoms with E-state index >= 15 is 0 Å². The molecule has 0 radical (unpaired) electrons. The predicted octanol–water partition coefficient (Wildman–Crippen LogP) is 7.86. The van der Waals surface area contributed by atoms with Gasteiger partial charge in [-0.3, -0.25) is 9.36 Å². The molecule has 7 aromatic rings. The van der Waals surface area contributed by atoms with Gasteiger partial charge in [0.25, 0.3) is 0 Å². The van der Waals surface area contributed by atoms with E-state index in [1.807, 2.05) is 0 Å². The number of aromatic nitrogens is 8. The zero-order chi connectivity index (χ0) is 39.1. The highest BCUT2D eigenvalue weighted by Gasteiger charge is 2.30. The number of hydrogen-bond acceptors (Lipinski definition) is 10. The fourth-order valence-corrected chi connectivity index (χ4v) is 4.68. The lowest BCUT2D eigenvalue weighted by Gasteiger charge is -2.12. The molecule has 14 nitrogen and oxygen atoms in total. The Morgan fingerprint density at radius 3 is 1.80 bits per heavy atom. The molecule has 0 atom stereocenters. The number of nitrogen functional groups attached to an aromatic ring is 1. The van der Waals surface area contributed by atoms with Gasteiger partial charge in [-0.15, -0.1) is 0 Å². The number of hydrogen-bond donors (Lipinski definition) is 3. The van der Waals surface area contributed by atoms with Gasteiger partial charge < -0.3 is 25.8 Å². The smallest absolute Gasteiger partial charge is 0.416 e. The van der Waals surface area contributed by atoms with Gasteiger partial charge in [-0.25, -0.2) is 23.5 Å². The van der Waals surface area contributed by atoms with Crippen LogP contribution in [-0.4, -0.2) is 45.5 Å². The average Bonchev–Trinajstić information content (AvgIpc) is 3.79. The highest BCUT2D eigenvalue weighted by Crippen LogP contribution is 2.31. The first-order valence-electron chi connectivity index (χ1n) is 15.9. The number of benzene rings is 3. The number of aryl methyl sites for hydroxylation is 2. The van der Waals surface area contributed by atoms with Crippen LogP contribution in [0.5, 0.6) is 23.3 Å². The van der Waals surface area contributed by atoms with Crippen LogP contribution in [-0.2, 0) is 20.3 Å². The van der Waals surface area contributed by atoms with Gasteiger partial charge in [-0.05, 0) is 42.5 Å². The number of nitrogens with zero attached hydrogens (tertiary/aromatic N) is 8. The first-order chi connectivity index (χ1) is 26.3. The molecule has 0 aliphatic rings. The summed E-state index contributed by atoms with van der Waals surface area (Å²) in [5, 5.41) is 12.6. The molecule has 0 fully saturated rings. The summed E-state index contributed by atoms with van der Waals surface area (Å²) < 4.78 is 80.6. The van der Waals surface area contributed by atoms with Gasteiger partial charge >= 0.3 is 12.2 Å². The van der Waals surface area contributed by atoms with Crippen molar-refractivity contribution in [3.05, 3.63) is 127 Å². The first kappa shape index (κ1) is 37.3. The monoisotopic (exact) mass is 757 g/mol. The first-order valence-corrected chi connectivity index (χ1v) is 15.9. The maximum atomic E-state index is 14.5. The Morgan fingerprint density at radius 2 is 1.29 bits per heavy atom. The van der Waals surface area contributed by atoms with Crippen molar-refractivity contribution in [2.75, 3.05) is 16.4 Å². The quantitative estimate of drug-likeness (QED) is 0.102. The Balaban J connectivity index is 0.000000209. The molecule has 7 rings (SSSR count). The van der Waals surface area contributed by atoms with Gasteiger partial charge in [0.05, 0.1) is 40.5 Å². The third-order valence-corrected chi connectivity index (χ3v) is 7.24. The summed E-state index contributed by atoms with van der Waals surface area (Å²) in [4.78, 5) is 28.9. The fourth-order valence-electron chi connectivity index (χ4n) is 4.68. The molecule has 0 spiro atoms. The van der Waals surface area contributed by atoms with E-state index in [-0.39, 0.29) is 28.7 Å². The molecule has 19 heteroatoms. The number of amides is 2. The zero-order valence-electron chi connectivity index (χ0n) is 28.7. The van der Waals surface area contributed by atoms with E-state index in [4.69, 9.17) is 15.2 Å². The fraction of sp³-hybridized carbons (Fsp3) is 0.0833. The SMILES string of the molecule is Cn1cc(-c2nccc(Oc3ccc(N)c(F)c3)n2)cn1.Cn1cc(-c2nccc(Oc3ccc(NC(=O)Nc4cccc(C(F)(F)F)c4)c(F)c3)n2)cn1. The molecule has 4 heterocycles. The second kappa shape index (κ2) is 16.1. The number of urea groups is 1. The summed E-state index contributed by atoms with van der Waals surface area (Å²) >= 11 is 0. The molecule has 3 aromatic carbocycles. The number of alkyl halides is 3. The summed E-state index contributed by atoms with van der Waals surface area (Å²) in [6, 6.07) is 14.2. The van der Waals surface area contributed by atoms with E-state index < -0.39 is 29.4 Å². The Labute approximate surface area is 308 Å². The second-order valence-corrected chi connectivity index (χ2v) is 11.4. The van der Waals surface area contributed by atoms with E-state index in [2.05, 4.69) is 40.8 Å². The van der Waals surface area contributed by atoms with Crippen molar-refractivity contribution in [1.82, 2.24) is 39.5 Å². The summed E-state index contributed by atoms with van der Waals surface area (Å²) in [7, 11) is 3.56. The normalized spacial score (nSPS) is 11.0. The Morgan fingerprint density at radius 1 is 0.727 bits per heavy atom. The van der Waals surface area contributed by atoms with Crippen LogP contribution in [0.4, 0.5) is 43.8 Å². The highest BCUT2D eigenvalue weighted by molar-refractivity contribution is 5.99. The van der Waals surface area contributed by atoms with Crippen LogP contribution in [0.15, 0.2) is 110 Å². The standard InChI is InChI=1S/C22H16F4N6O2.C14H12FN5O/c1-32-12-13(11-28-32)20-27-8-7-19(31-20)34-16-5-6-18(17(23)10-16)30-21(33)29-15-4-2-3-14(9-15)22(24,25)26;1-20-8-9(7-18-20)14-17-5-4-13(19-14)21-10-2-3-12(16)11(15)6-10/h2-12H,1H3,(H2,29,30,33);2-8H,16H2,1H3. The van der Waals surface area contributed by atoms with Crippen molar-refractivity contribution < 1.29 is 36.2 Å². The summed E-state index contributed by atoms with van der Waals surface area (Å²) in [5.41, 5.74) is 5.71. The maximum Gasteiger partial charge on any atom is 0.416 e. The molecule has 0 aliphatic heterocycles. The Hall–Kier alpha value is -7.44. The topological polar surface area (TPSA) is 173 Å². The molecule has 4 aromatic heterocycles. The summed E-state index contributed by atoms with van der Waals surface area (Å²) in [6.07, 6.45) is 5.25. The van der Waals surface area contributed by atoms with Crippen LogP contribution < -0.4 is 25.8 Å². The molecule has 0 bridgehead atoms. The number of nitrogens with two attached hydrogens (primary N) is 1. The van der Waals surface area contributed by atoms with Crippen LogP contribution in [0.1, 0.15) is 5.56 Å². The molecule has 2 amide bonds. The Kier molecular flexibility index (Phi) is 10.9. The molecule has 0 unspecified atom stereocenters. The third-order valence-electron chi connectivity index (χ3n) is 7.24. The Bertz CT molecular complexity index is 2450. The number of carbonyl (C=O) groups excluding carboxylic acids is 1. The van der Waals surface area contributed by atoms with Gasteiger partial charge in [0.15, 0.2) is 11.6 Å². The lowest BCUT2D eigenvalue weighted by molar-refractivity contribution is -0.137. The minimum absolute atomic E-state index is 0.0705. The average molecular weight is 758 g/mol. The second-order valence-electron chi connectivity index (χ2n) is 11.4. The van der Waals surface area contributed by atoms with E-state index in [1.165, 1.54) is 42.6 Å². The summed E-state index contributed by atoms with van der Waals surface area (Å²) in [6.45, 7) is 0. The van der Waals surface area contributed by atoms with Crippen molar-refractivity contribution in [2.45, 2.75) is 6.18 Å². The third kappa shape index (κ3) is 9.92. The molecular formula is C36H28F5N11O3. The number of halogens is 5. The van der Waals surface area contributed by atoms with Gasteiger partial charge in [0.2, 0.25) is 11.8 Å². The lowest BCUT2D eigenvalue weighted by Crippen LogP contribution is -2.20. The van der Waals surface area contributed by atoms with Crippen LogP contribution in [0.25, 0.3) is 22.8 Å². The van der Waals surface area contributed by atoms with Crippen molar-refractivity contribution >= 4 is 23.1 Å². The molecular weight excluding hydrogens is 729 g/mol. The van der Waals surface area contributed by atoms with Crippen molar-refractivity contribution in [2.24, 2.45) is 14.1 Å². The van der Waals surface area contributed by atoms with Crippen molar-refractivity contribution in [1.29, 1.82) is 0 Å². The number of rotatable bonds is 8. The highest BCUT2D eigenvalue weighted by atomic mass is 19.4. The van der Waals surface area contributed by atoms with E-state index in [0.717, 1.165) is 29.8 Å². The van der Waals surface area contributed by atoms with Gasteiger partial charge in [-0.2, -0.15) is 33.3 Å². The zero-order valence-corrected chi connectivity index (χ0v) is 28.7. The van der Waals surface area contributed by atoms with Crippen molar-refractivity contribution in [3.63, 3.8) is 0 Å². The van der Waals surface area contributed by atoms with E-state index in [0.29, 0.717) is 28.8 Å². The molecule has 280 valence electrons. The largest absolute Gasteiger partial charge is 0.439 e. The van der Waals surface area contributed by atoms with Gasteiger partial charge in [0, 0.05) is 68.8 Å². The van der Waals surface area contributed by atoms with Crippen molar-refractivity contribution in [3.8, 4) is 46.0 Å². The molecule has 0 aliphatic carbocycles. The van der Waals surface area contributed by atoms with Gasteiger partial charge in [0.1, 0.15) is 23.1 Å². The van der Waals surface area contributed by atoms with Crippen LogP contribution in [0.3, 0.4) is 0 Å². The molecule has 4 N–H and O–H groups in total. The number of anilines is 3. The van der Waals surface area contributed by atoms with E-state index in [1.54, 1.807) is 66.6 Å². The predicted molar refractivity (Wildman–Crippen MR) is 190 cm³/mol. The van der Waals surface area contributed by atoms with Crippen LogP contribution in [0, 0.1) is 11.6 Å². The van der Waals surface area contributed by atoms with Gasteiger partial charge in [-0.1, -0.05) is 6.07 Å². The van der Waals surface area contributed by atoms with Crippen LogP contribution in [0.2, 0.25) is 0 Å². The van der Waals surface area contributed by atoms with Crippen LogP contribution >= 0.6 is 0 Å². The molecule has 0 saturated carbocycles. The molecule has 55 heavy (non-hydrogen) atoms. The number of carbonyl (C=O) groups is 1. The minimum Gasteiger partial charge on any atom is -0.439 e. The lowest BCUT2D eigenvalue weighted by atomic mass is 10.2. The maximum absolute atomic E-state index is 14.5. The molecule has 0 saturated heterocycles. The summed E-state index contributed by atoms with van der Waals surface area (Å²) in [5.74, 6) is 0.401. The number of nitrogens with one attached hydrogen (secondary N) is 2. The number of ether oxygens (including phenoxy) is 2. The minimum atomic E-state index is -4.56.